The highest BCUT2D eigenvalue weighted by Crippen LogP contribution is 2.48. The Morgan fingerprint density at radius 2 is 2.00 bits per heavy atom. The van der Waals surface area contributed by atoms with Crippen LogP contribution in [0, 0.1) is 6.92 Å². The van der Waals surface area contributed by atoms with Crippen molar-refractivity contribution >= 4 is 28.9 Å². The third kappa shape index (κ3) is 3.35. The molecular formula is C18H18ClF3N4O2. The van der Waals surface area contributed by atoms with Crippen LogP contribution in [0.4, 0.5) is 24.5 Å². The molecule has 0 fully saturated rings. The normalized spacial score (nSPS) is 16.5. The van der Waals surface area contributed by atoms with E-state index in [0.717, 1.165) is 12.1 Å². The van der Waals surface area contributed by atoms with E-state index in [1.165, 1.54) is 17.2 Å². The number of aryl methyl sites for hydroxylation is 1. The molecule has 6 nitrogen and oxygen atoms in total. The molecule has 0 saturated carbocycles. The van der Waals surface area contributed by atoms with Gasteiger partial charge in [-0.2, -0.15) is 13.2 Å². The Balaban J connectivity index is 2.18. The Hall–Kier alpha value is -2.52. The maximum atomic E-state index is 13.2. The van der Waals surface area contributed by atoms with Crippen LogP contribution in [0.1, 0.15) is 40.4 Å². The van der Waals surface area contributed by atoms with Gasteiger partial charge in [-0.25, -0.2) is 10.0 Å². The van der Waals surface area contributed by atoms with Gasteiger partial charge in [-0.15, -0.1) is 0 Å². The monoisotopic (exact) mass is 414 g/mol. The summed E-state index contributed by atoms with van der Waals surface area (Å²) in [6, 6.07) is 4.84. The molecule has 0 bridgehead atoms. The summed E-state index contributed by atoms with van der Waals surface area (Å²) in [4.78, 5) is 23.2. The Morgan fingerprint density at radius 3 is 2.57 bits per heavy atom. The van der Waals surface area contributed by atoms with Gasteiger partial charge >= 0.3 is 6.18 Å². The van der Waals surface area contributed by atoms with Crippen molar-refractivity contribution in [2.24, 2.45) is 5.73 Å². The van der Waals surface area contributed by atoms with Crippen molar-refractivity contribution in [3.63, 3.8) is 0 Å². The Bertz CT molecular complexity index is 936. The van der Waals surface area contributed by atoms with Gasteiger partial charge < -0.3 is 10.6 Å². The molecule has 1 aromatic heterocycles. The summed E-state index contributed by atoms with van der Waals surface area (Å²) in [5.41, 5.74) is 6.12. The minimum atomic E-state index is -4.50. The van der Waals surface area contributed by atoms with E-state index in [2.05, 4.69) is 4.98 Å². The summed E-state index contributed by atoms with van der Waals surface area (Å²) in [5.74, 6) is -0.735. The van der Waals surface area contributed by atoms with E-state index in [4.69, 9.17) is 22.2 Å². The largest absolute Gasteiger partial charge is 0.416 e. The number of alkyl halides is 3. The number of benzene rings is 1. The van der Waals surface area contributed by atoms with Crippen molar-refractivity contribution in [1.29, 1.82) is 0 Å². The molecule has 2 heterocycles. The van der Waals surface area contributed by atoms with Crippen molar-refractivity contribution in [2.75, 3.05) is 23.6 Å². The molecule has 3 rings (SSSR count). The topological polar surface area (TPSA) is 71.7 Å². The summed E-state index contributed by atoms with van der Waals surface area (Å²) < 4.78 is 39.6. The second-order valence-electron chi connectivity index (χ2n) is 6.32. The molecule has 28 heavy (non-hydrogen) atoms. The van der Waals surface area contributed by atoms with Crippen molar-refractivity contribution in [3.05, 3.63) is 51.8 Å². The Morgan fingerprint density at radius 1 is 1.32 bits per heavy atom. The molecule has 1 aliphatic rings. The highest BCUT2D eigenvalue weighted by molar-refractivity contribution is 6.32. The number of fused-ring (bicyclic) bond motifs is 1. The van der Waals surface area contributed by atoms with Crippen LogP contribution in [0.2, 0.25) is 5.02 Å². The molecule has 1 unspecified atom stereocenters. The quantitative estimate of drug-likeness (QED) is 0.816. The number of anilines is 2. The molecule has 10 heteroatoms. The lowest BCUT2D eigenvalue weighted by Crippen LogP contribution is -2.35. The Kier molecular flexibility index (Phi) is 5.16. The maximum Gasteiger partial charge on any atom is 0.416 e. The van der Waals surface area contributed by atoms with Gasteiger partial charge in [0.1, 0.15) is 11.4 Å². The van der Waals surface area contributed by atoms with Gasteiger partial charge in [0.05, 0.1) is 28.6 Å². The van der Waals surface area contributed by atoms with Crippen LogP contribution in [-0.2, 0) is 11.0 Å². The van der Waals surface area contributed by atoms with Crippen molar-refractivity contribution in [3.8, 4) is 0 Å². The number of amides is 1. The van der Waals surface area contributed by atoms with E-state index in [-0.39, 0.29) is 28.7 Å². The third-order valence-electron chi connectivity index (χ3n) is 4.44. The number of halogens is 4. The molecule has 0 saturated heterocycles. The number of nitrogens with zero attached hydrogens (tertiary/aromatic N) is 3. The molecule has 1 atom stereocenters. The number of rotatable bonds is 4. The van der Waals surface area contributed by atoms with Crippen molar-refractivity contribution in [1.82, 2.24) is 4.98 Å². The zero-order valence-corrected chi connectivity index (χ0v) is 16.1. The van der Waals surface area contributed by atoms with Gasteiger partial charge in [0.2, 0.25) is 0 Å². The molecule has 0 radical (unpaired) electrons. The molecular weight excluding hydrogens is 397 g/mol. The van der Waals surface area contributed by atoms with Crippen LogP contribution in [0.15, 0.2) is 24.3 Å². The van der Waals surface area contributed by atoms with Crippen molar-refractivity contribution < 1.29 is 22.8 Å². The minimum Gasteiger partial charge on any atom is -0.364 e. The second kappa shape index (κ2) is 7.14. The number of aromatic nitrogens is 1. The number of pyridine rings is 1. The smallest absolute Gasteiger partial charge is 0.364 e. The van der Waals surface area contributed by atoms with Crippen LogP contribution in [0.25, 0.3) is 0 Å². The highest BCUT2D eigenvalue weighted by Gasteiger charge is 2.41. The fourth-order valence-electron chi connectivity index (χ4n) is 3.15. The zero-order chi connectivity index (χ0) is 20.8. The summed E-state index contributed by atoms with van der Waals surface area (Å²) >= 11 is 6.42. The summed E-state index contributed by atoms with van der Waals surface area (Å²) in [6.45, 7) is 3.60. The summed E-state index contributed by atoms with van der Waals surface area (Å²) in [7, 11) is 1.68. The first-order valence-corrected chi connectivity index (χ1v) is 8.77. The van der Waals surface area contributed by atoms with Gasteiger partial charge in [0.15, 0.2) is 6.17 Å². The molecule has 2 N–H and O–H groups in total. The first-order valence-electron chi connectivity index (χ1n) is 8.39. The lowest BCUT2D eigenvalue weighted by Gasteiger charge is -2.30. The van der Waals surface area contributed by atoms with Gasteiger partial charge in [-0.05, 0) is 43.7 Å². The standard InChI is InChI=1S/C18H18ClF3N4O2/c1-4-28-26-13-8-10(18(20,21)22)5-6-12(13)25(3)17(26)15-14(19)9(2)7-11(24-15)16(23)27/h5-8,17H,4H2,1-3H3,(H2,23,27). The van der Waals surface area contributed by atoms with Crippen molar-refractivity contribution in [2.45, 2.75) is 26.2 Å². The van der Waals surface area contributed by atoms with Crippen LogP contribution >= 0.6 is 11.6 Å². The number of nitrogens with two attached hydrogens (primary N) is 1. The number of primary amides is 1. The molecule has 1 aliphatic heterocycles. The van der Waals surface area contributed by atoms with Gasteiger partial charge in [-0.1, -0.05) is 11.6 Å². The zero-order valence-electron chi connectivity index (χ0n) is 15.3. The number of carbonyl (C=O) groups is 1. The molecule has 0 aliphatic carbocycles. The molecule has 0 spiro atoms. The number of carbonyl (C=O) groups excluding carboxylic acids is 1. The first-order chi connectivity index (χ1) is 13.1. The minimum absolute atomic E-state index is 0.00804. The fourth-order valence-corrected chi connectivity index (χ4v) is 3.34. The van der Waals surface area contributed by atoms with Crippen LogP contribution in [-0.4, -0.2) is 24.5 Å². The maximum absolute atomic E-state index is 13.2. The lowest BCUT2D eigenvalue weighted by molar-refractivity contribution is -0.137. The highest BCUT2D eigenvalue weighted by atomic mass is 35.5. The van der Waals surface area contributed by atoms with Crippen LogP contribution in [0.3, 0.4) is 0 Å². The second-order valence-corrected chi connectivity index (χ2v) is 6.70. The van der Waals surface area contributed by atoms with Gasteiger partial charge in [-0.3, -0.25) is 9.63 Å². The average Bonchev–Trinajstić information content (AvgIpc) is 2.88. The SMILES string of the molecule is CCON1c2cc(C(F)(F)F)ccc2N(C)C1c1nc(C(N)=O)cc(C)c1Cl. The lowest BCUT2D eigenvalue weighted by atomic mass is 10.1. The first kappa shape index (κ1) is 20.2. The van der Waals surface area contributed by atoms with Gasteiger partial charge in [0, 0.05) is 7.05 Å². The molecule has 150 valence electrons. The van der Waals surface area contributed by atoms with E-state index < -0.39 is 23.8 Å². The average molecular weight is 415 g/mol. The summed E-state index contributed by atoms with van der Waals surface area (Å²) in [5, 5.41) is 1.60. The third-order valence-corrected chi connectivity index (χ3v) is 4.93. The number of hydrogen-bond acceptors (Lipinski definition) is 5. The summed E-state index contributed by atoms with van der Waals surface area (Å²) in [6.07, 6.45) is -5.27. The molecule has 1 aromatic carbocycles. The Labute approximate surface area is 164 Å². The van der Waals surface area contributed by atoms with E-state index >= 15 is 0 Å². The van der Waals surface area contributed by atoms with E-state index in [0.29, 0.717) is 11.3 Å². The fraction of sp³-hybridized carbons (Fsp3) is 0.333. The van der Waals surface area contributed by atoms with E-state index in [1.807, 2.05) is 0 Å². The van der Waals surface area contributed by atoms with Crippen LogP contribution in [0.5, 0.6) is 0 Å². The predicted molar refractivity (Wildman–Crippen MR) is 99.2 cm³/mol. The van der Waals surface area contributed by atoms with E-state index in [9.17, 15) is 18.0 Å². The van der Waals surface area contributed by atoms with Gasteiger partial charge in [0.25, 0.3) is 5.91 Å². The van der Waals surface area contributed by atoms with E-state index in [1.54, 1.807) is 25.8 Å². The number of hydrogen-bond donors (Lipinski definition) is 1. The van der Waals surface area contributed by atoms with Crippen LogP contribution < -0.4 is 15.7 Å². The molecule has 1 amide bonds. The predicted octanol–water partition coefficient (Wildman–Crippen LogP) is 4.07. The number of hydroxylamine groups is 1. The molecule has 2 aromatic rings.